The van der Waals surface area contributed by atoms with E-state index in [1.807, 2.05) is 18.7 Å². The summed E-state index contributed by atoms with van der Waals surface area (Å²) in [7, 11) is 1.64. The number of aromatic nitrogens is 1. The molecule has 1 heterocycles. The molecule has 17 heavy (non-hydrogen) atoms. The Morgan fingerprint density at radius 1 is 1.59 bits per heavy atom. The first-order chi connectivity index (χ1) is 8.06. The molecule has 94 valence electrons. The van der Waals surface area contributed by atoms with E-state index in [4.69, 9.17) is 9.84 Å². The lowest BCUT2D eigenvalue weighted by atomic mass is 10.2. The molecular weight excluding hydrogens is 220 g/mol. The molecule has 0 aromatic carbocycles. The van der Waals surface area contributed by atoms with Crippen LogP contribution in [0.2, 0.25) is 0 Å². The van der Waals surface area contributed by atoms with Gasteiger partial charge in [-0.25, -0.2) is 9.78 Å². The second-order valence-corrected chi connectivity index (χ2v) is 3.99. The van der Waals surface area contributed by atoms with Gasteiger partial charge in [-0.3, -0.25) is 0 Å². The number of rotatable bonds is 6. The summed E-state index contributed by atoms with van der Waals surface area (Å²) in [4.78, 5) is 17.1. The van der Waals surface area contributed by atoms with Crippen LogP contribution in [0.4, 0.5) is 5.82 Å². The number of carbonyl (C=O) groups is 1. The van der Waals surface area contributed by atoms with Gasteiger partial charge in [0.15, 0.2) is 0 Å². The van der Waals surface area contributed by atoms with E-state index in [0.29, 0.717) is 19.0 Å². The number of ether oxygens (including phenoxy) is 1. The molecule has 0 aliphatic heterocycles. The number of aromatic carboxylic acids is 1. The van der Waals surface area contributed by atoms with Crippen LogP contribution in [-0.2, 0) is 4.74 Å². The zero-order valence-electron chi connectivity index (χ0n) is 10.4. The van der Waals surface area contributed by atoms with E-state index in [9.17, 15) is 4.79 Å². The van der Waals surface area contributed by atoms with Crippen molar-refractivity contribution in [3.63, 3.8) is 0 Å². The molecule has 1 N–H and O–H groups in total. The number of hydrogen-bond acceptors (Lipinski definition) is 4. The smallest absolute Gasteiger partial charge is 0.335 e. The Hall–Kier alpha value is -1.62. The van der Waals surface area contributed by atoms with Crippen molar-refractivity contribution >= 4 is 11.8 Å². The maximum atomic E-state index is 10.9. The molecule has 0 unspecified atom stereocenters. The Morgan fingerprint density at radius 2 is 2.29 bits per heavy atom. The van der Waals surface area contributed by atoms with Crippen molar-refractivity contribution in [3.05, 3.63) is 23.9 Å². The molecule has 0 saturated heterocycles. The summed E-state index contributed by atoms with van der Waals surface area (Å²) in [6, 6.07) is 3.31. The fourth-order valence-electron chi connectivity index (χ4n) is 1.54. The van der Waals surface area contributed by atoms with E-state index in [-0.39, 0.29) is 11.6 Å². The summed E-state index contributed by atoms with van der Waals surface area (Å²) >= 11 is 0. The largest absolute Gasteiger partial charge is 0.478 e. The van der Waals surface area contributed by atoms with Crippen molar-refractivity contribution in [2.75, 3.05) is 25.2 Å². The van der Waals surface area contributed by atoms with E-state index < -0.39 is 5.97 Å². The van der Waals surface area contributed by atoms with Crippen LogP contribution in [0.1, 0.15) is 24.2 Å². The lowest BCUT2D eigenvalue weighted by molar-refractivity contribution is 0.0697. The average Bonchev–Trinajstić information content (AvgIpc) is 2.29. The molecule has 1 rings (SSSR count). The summed E-state index contributed by atoms with van der Waals surface area (Å²) in [5.41, 5.74) is 0.248. The molecular formula is C12H18N2O3. The number of pyridine rings is 1. The third kappa shape index (κ3) is 3.71. The molecule has 0 atom stereocenters. The Kier molecular flexibility index (Phi) is 4.90. The van der Waals surface area contributed by atoms with E-state index in [1.54, 1.807) is 13.2 Å². The third-order valence-corrected chi connectivity index (χ3v) is 2.45. The van der Waals surface area contributed by atoms with Gasteiger partial charge in [-0.1, -0.05) is 0 Å². The van der Waals surface area contributed by atoms with Gasteiger partial charge in [0.1, 0.15) is 5.82 Å². The molecule has 0 bridgehead atoms. The van der Waals surface area contributed by atoms with Crippen molar-refractivity contribution in [1.82, 2.24) is 4.98 Å². The number of nitrogens with zero attached hydrogens (tertiary/aromatic N) is 2. The van der Waals surface area contributed by atoms with Crippen molar-refractivity contribution in [3.8, 4) is 0 Å². The van der Waals surface area contributed by atoms with E-state index >= 15 is 0 Å². The van der Waals surface area contributed by atoms with Gasteiger partial charge in [0.25, 0.3) is 0 Å². The fourth-order valence-corrected chi connectivity index (χ4v) is 1.54. The topological polar surface area (TPSA) is 62.7 Å². The van der Waals surface area contributed by atoms with Crippen molar-refractivity contribution in [2.45, 2.75) is 19.9 Å². The van der Waals surface area contributed by atoms with Crippen LogP contribution in [-0.4, -0.2) is 42.4 Å². The second-order valence-electron chi connectivity index (χ2n) is 3.99. The average molecular weight is 238 g/mol. The lowest BCUT2D eigenvalue weighted by Crippen LogP contribution is -2.34. The molecule has 5 nitrogen and oxygen atoms in total. The van der Waals surface area contributed by atoms with Gasteiger partial charge in [0, 0.05) is 25.9 Å². The molecule has 0 radical (unpaired) electrons. The summed E-state index contributed by atoms with van der Waals surface area (Å²) in [6.07, 6.45) is 1.51. The molecule has 0 amide bonds. The van der Waals surface area contributed by atoms with Gasteiger partial charge in [0.05, 0.1) is 12.2 Å². The van der Waals surface area contributed by atoms with Gasteiger partial charge in [-0.05, 0) is 26.0 Å². The van der Waals surface area contributed by atoms with Crippen molar-refractivity contribution in [1.29, 1.82) is 0 Å². The minimum Gasteiger partial charge on any atom is -0.478 e. The SMILES string of the molecule is COCCN(c1cc(C(=O)O)ccn1)C(C)C. The first kappa shape index (κ1) is 13.4. The Balaban J connectivity index is 2.93. The highest BCUT2D eigenvalue weighted by atomic mass is 16.5. The zero-order chi connectivity index (χ0) is 12.8. The van der Waals surface area contributed by atoms with Crippen LogP contribution in [0.15, 0.2) is 18.3 Å². The summed E-state index contributed by atoms with van der Waals surface area (Å²) in [5.74, 6) is -0.277. The molecule has 5 heteroatoms. The van der Waals surface area contributed by atoms with Crippen molar-refractivity contribution in [2.24, 2.45) is 0 Å². The van der Waals surface area contributed by atoms with Crippen LogP contribution >= 0.6 is 0 Å². The monoisotopic (exact) mass is 238 g/mol. The number of carboxylic acids is 1. The first-order valence-corrected chi connectivity index (χ1v) is 5.51. The molecule has 0 fully saturated rings. The standard InChI is InChI=1S/C12H18N2O3/c1-9(2)14(6-7-17-3)11-8-10(12(15)16)4-5-13-11/h4-5,8-9H,6-7H2,1-3H3,(H,15,16). The normalized spacial score (nSPS) is 10.6. The molecule has 0 aliphatic rings. The maximum absolute atomic E-state index is 10.9. The highest BCUT2D eigenvalue weighted by Gasteiger charge is 2.13. The highest BCUT2D eigenvalue weighted by Crippen LogP contribution is 2.15. The van der Waals surface area contributed by atoms with E-state index in [1.165, 1.54) is 12.3 Å². The molecule has 1 aromatic heterocycles. The van der Waals surface area contributed by atoms with E-state index in [0.717, 1.165) is 0 Å². The van der Waals surface area contributed by atoms with Gasteiger partial charge in [-0.15, -0.1) is 0 Å². The molecule has 1 aromatic rings. The van der Waals surface area contributed by atoms with Crippen LogP contribution in [0, 0.1) is 0 Å². The summed E-state index contributed by atoms with van der Waals surface area (Å²) in [6.45, 7) is 5.33. The van der Waals surface area contributed by atoms with Crippen LogP contribution in [0.25, 0.3) is 0 Å². The molecule has 0 spiro atoms. The van der Waals surface area contributed by atoms with Gasteiger partial charge in [-0.2, -0.15) is 0 Å². The Labute approximate surface area is 101 Å². The third-order valence-electron chi connectivity index (χ3n) is 2.45. The summed E-state index contributed by atoms with van der Waals surface area (Å²) < 4.78 is 5.04. The van der Waals surface area contributed by atoms with Crippen LogP contribution < -0.4 is 4.90 Å². The Bertz CT molecular complexity index is 380. The highest BCUT2D eigenvalue weighted by molar-refractivity contribution is 5.88. The minimum atomic E-state index is -0.941. The number of anilines is 1. The lowest BCUT2D eigenvalue weighted by Gasteiger charge is -2.27. The minimum absolute atomic E-state index is 0.238. The van der Waals surface area contributed by atoms with E-state index in [2.05, 4.69) is 4.98 Å². The predicted octanol–water partition coefficient (Wildman–Crippen LogP) is 1.64. The number of methoxy groups -OCH3 is 1. The fraction of sp³-hybridized carbons (Fsp3) is 0.500. The Morgan fingerprint density at radius 3 is 2.82 bits per heavy atom. The van der Waals surface area contributed by atoms with Crippen LogP contribution in [0.3, 0.4) is 0 Å². The maximum Gasteiger partial charge on any atom is 0.335 e. The number of hydrogen-bond donors (Lipinski definition) is 1. The number of carboxylic acid groups (broad SMARTS) is 1. The van der Waals surface area contributed by atoms with Gasteiger partial charge in [0.2, 0.25) is 0 Å². The molecule has 0 saturated carbocycles. The summed E-state index contributed by atoms with van der Waals surface area (Å²) in [5, 5.41) is 8.93. The van der Waals surface area contributed by atoms with Crippen LogP contribution in [0.5, 0.6) is 0 Å². The molecule has 0 aliphatic carbocycles. The van der Waals surface area contributed by atoms with Crippen molar-refractivity contribution < 1.29 is 14.6 Å². The predicted molar refractivity (Wildman–Crippen MR) is 65.6 cm³/mol. The van der Waals surface area contributed by atoms with Gasteiger partial charge < -0.3 is 14.7 Å². The first-order valence-electron chi connectivity index (χ1n) is 5.51. The van der Waals surface area contributed by atoms with Gasteiger partial charge >= 0.3 is 5.97 Å². The zero-order valence-corrected chi connectivity index (χ0v) is 10.4. The second kappa shape index (κ2) is 6.20. The quantitative estimate of drug-likeness (QED) is 0.816.